The maximum atomic E-state index is 13.6. The van der Waals surface area contributed by atoms with Crippen LogP contribution in [0.3, 0.4) is 0 Å². The molecule has 2 unspecified atom stereocenters. The first-order chi connectivity index (χ1) is 18.6. The first kappa shape index (κ1) is 23.9. The normalized spacial score (nSPS) is 26.7. The van der Waals surface area contributed by atoms with Gasteiger partial charge in [-0.3, -0.25) is 0 Å². The second kappa shape index (κ2) is 9.53. The third-order valence-electron chi connectivity index (χ3n) is 8.87. The summed E-state index contributed by atoms with van der Waals surface area (Å²) in [5, 5.41) is 11.9. The van der Waals surface area contributed by atoms with Crippen LogP contribution in [0.4, 0.5) is 4.79 Å². The fourth-order valence-electron chi connectivity index (χ4n) is 7.16. The van der Waals surface area contributed by atoms with E-state index < -0.39 is 5.60 Å². The number of carbonyl (C=O) groups is 1. The Morgan fingerprint density at radius 3 is 2.18 bits per heavy atom. The van der Waals surface area contributed by atoms with Gasteiger partial charge in [-0.15, -0.1) is 0 Å². The van der Waals surface area contributed by atoms with Crippen LogP contribution in [0.15, 0.2) is 72.8 Å². The van der Waals surface area contributed by atoms with Crippen LogP contribution >= 0.6 is 0 Å². The molecule has 196 valence electrons. The van der Waals surface area contributed by atoms with Crippen LogP contribution in [0.5, 0.6) is 0 Å². The third-order valence-corrected chi connectivity index (χ3v) is 8.87. The molecule has 0 saturated carbocycles. The van der Waals surface area contributed by atoms with E-state index in [2.05, 4.69) is 48.5 Å². The summed E-state index contributed by atoms with van der Waals surface area (Å²) in [6.45, 7) is 1.48. The van der Waals surface area contributed by atoms with E-state index in [9.17, 15) is 9.90 Å². The van der Waals surface area contributed by atoms with E-state index in [1.165, 1.54) is 22.3 Å². The summed E-state index contributed by atoms with van der Waals surface area (Å²) < 4.78 is 17.4. The minimum absolute atomic E-state index is 0.0377. The number of nitrogens with zero attached hydrogens (tertiary/aromatic N) is 1. The average molecular weight is 512 g/mol. The fourth-order valence-corrected chi connectivity index (χ4v) is 7.16. The van der Waals surface area contributed by atoms with Crippen LogP contribution in [0.2, 0.25) is 0 Å². The Hall–Kier alpha value is -3.19. The summed E-state index contributed by atoms with van der Waals surface area (Å²) in [6, 6.07) is 24.6. The van der Waals surface area contributed by atoms with Crippen molar-refractivity contribution in [3.63, 3.8) is 0 Å². The predicted octanol–water partition coefficient (Wildman–Crippen LogP) is 5.89. The quantitative estimate of drug-likeness (QED) is 0.473. The van der Waals surface area contributed by atoms with Crippen molar-refractivity contribution in [1.82, 2.24) is 4.90 Å². The first-order valence-corrected chi connectivity index (χ1v) is 13.8. The maximum absolute atomic E-state index is 13.6. The average Bonchev–Trinajstić information content (AvgIpc) is 3.59. The van der Waals surface area contributed by atoms with Gasteiger partial charge in [-0.25, -0.2) is 4.79 Å². The molecule has 6 heteroatoms. The van der Waals surface area contributed by atoms with Crippen molar-refractivity contribution in [2.75, 3.05) is 19.8 Å². The van der Waals surface area contributed by atoms with Crippen molar-refractivity contribution in [1.29, 1.82) is 0 Å². The van der Waals surface area contributed by atoms with Gasteiger partial charge in [-0.05, 0) is 53.1 Å². The zero-order valence-electron chi connectivity index (χ0n) is 21.4. The highest BCUT2D eigenvalue weighted by Gasteiger charge is 2.49. The number of fused-ring (bicyclic) bond motifs is 5. The van der Waals surface area contributed by atoms with Gasteiger partial charge in [-0.2, -0.15) is 0 Å². The molecule has 6 nitrogen and oxygen atoms in total. The van der Waals surface area contributed by atoms with Crippen molar-refractivity contribution < 1.29 is 24.1 Å². The lowest BCUT2D eigenvalue weighted by Gasteiger charge is -2.51. The molecule has 1 amide bonds. The molecule has 7 rings (SSSR count). The van der Waals surface area contributed by atoms with E-state index in [1.807, 2.05) is 29.2 Å². The number of aliphatic hydroxyl groups is 1. The summed E-state index contributed by atoms with van der Waals surface area (Å²) >= 11 is 0. The molecule has 3 heterocycles. The number of carbonyl (C=O) groups excluding carboxylic acids is 1. The molecule has 3 aliphatic heterocycles. The standard InChI is InChI=1S/C32H33NO5/c34-31(38-20-29-27-13-3-1-11-25(27)26-12-2-4-14-28(26)29)33-23-9-6-10-24(33)19-32(35,18-23)22-8-5-7-21(17-22)30-36-15-16-37-30/h1-5,7-8,11-14,17,23-24,29-30,35H,6,9-10,15-16,18-20H2. The van der Waals surface area contributed by atoms with Gasteiger partial charge >= 0.3 is 6.09 Å². The molecule has 0 aromatic heterocycles. The lowest BCUT2D eigenvalue weighted by molar-refractivity contribution is -0.0894. The molecule has 1 aliphatic carbocycles. The van der Waals surface area contributed by atoms with E-state index in [1.54, 1.807) is 0 Å². The van der Waals surface area contributed by atoms with E-state index in [0.29, 0.717) is 32.7 Å². The Labute approximate surface area is 223 Å². The lowest BCUT2D eigenvalue weighted by Crippen LogP contribution is -2.59. The summed E-state index contributed by atoms with van der Waals surface area (Å²) in [5.74, 6) is 0.0377. The Balaban J connectivity index is 1.08. The molecule has 3 aromatic carbocycles. The molecule has 3 saturated heterocycles. The third kappa shape index (κ3) is 4.03. The smallest absolute Gasteiger partial charge is 0.410 e. The van der Waals surface area contributed by atoms with Crippen molar-refractivity contribution in [3.05, 3.63) is 95.1 Å². The number of hydrogen-bond donors (Lipinski definition) is 1. The lowest BCUT2D eigenvalue weighted by atomic mass is 9.72. The molecule has 0 radical (unpaired) electrons. The van der Waals surface area contributed by atoms with Crippen LogP contribution < -0.4 is 0 Å². The summed E-state index contributed by atoms with van der Waals surface area (Å²) in [7, 11) is 0. The van der Waals surface area contributed by atoms with Crippen LogP contribution in [-0.2, 0) is 19.8 Å². The summed E-state index contributed by atoms with van der Waals surface area (Å²) in [5.41, 5.74) is 5.68. The summed E-state index contributed by atoms with van der Waals surface area (Å²) in [6.07, 6.45) is 3.17. The second-order valence-electron chi connectivity index (χ2n) is 11.1. The van der Waals surface area contributed by atoms with E-state index in [-0.39, 0.29) is 30.4 Å². The van der Waals surface area contributed by atoms with Gasteiger partial charge in [0, 0.05) is 36.4 Å². The number of hydrogen-bond acceptors (Lipinski definition) is 5. The fraction of sp³-hybridized carbons (Fsp3) is 0.406. The van der Waals surface area contributed by atoms with Crippen molar-refractivity contribution in [2.45, 2.75) is 62.0 Å². The summed E-state index contributed by atoms with van der Waals surface area (Å²) in [4.78, 5) is 15.5. The van der Waals surface area contributed by atoms with Gasteiger partial charge in [-0.1, -0.05) is 66.7 Å². The number of rotatable bonds is 4. The number of ether oxygens (including phenoxy) is 3. The van der Waals surface area contributed by atoms with Gasteiger partial charge in [0.1, 0.15) is 6.61 Å². The molecule has 0 spiro atoms. The maximum Gasteiger partial charge on any atom is 0.410 e. The molecule has 4 aliphatic rings. The van der Waals surface area contributed by atoms with E-state index >= 15 is 0 Å². The highest BCUT2D eigenvalue weighted by atomic mass is 16.7. The SMILES string of the molecule is O=C(OCC1c2ccccc2-c2ccccc21)N1C2CCCC1CC(O)(c1cccc(C3OCCO3)c1)C2. The Morgan fingerprint density at radius 2 is 1.53 bits per heavy atom. The van der Waals surface area contributed by atoms with Crippen LogP contribution in [0.1, 0.15) is 66.6 Å². The minimum atomic E-state index is -0.996. The number of piperidine rings is 2. The largest absolute Gasteiger partial charge is 0.448 e. The zero-order chi connectivity index (χ0) is 25.7. The molecule has 3 fully saturated rings. The Bertz CT molecular complexity index is 1290. The van der Waals surface area contributed by atoms with Gasteiger partial charge in [0.05, 0.1) is 18.8 Å². The van der Waals surface area contributed by atoms with Crippen molar-refractivity contribution >= 4 is 6.09 Å². The first-order valence-electron chi connectivity index (χ1n) is 13.8. The molecule has 38 heavy (non-hydrogen) atoms. The molecular formula is C32H33NO5. The van der Waals surface area contributed by atoms with Gasteiger partial charge < -0.3 is 24.2 Å². The van der Waals surface area contributed by atoms with Crippen LogP contribution in [-0.4, -0.2) is 48.0 Å². The van der Waals surface area contributed by atoms with Crippen LogP contribution in [0.25, 0.3) is 11.1 Å². The zero-order valence-corrected chi connectivity index (χ0v) is 21.4. The molecule has 2 atom stereocenters. The topological polar surface area (TPSA) is 68.2 Å². The highest BCUT2D eigenvalue weighted by molar-refractivity contribution is 5.79. The van der Waals surface area contributed by atoms with Crippen molar-refractivity contribution in [2.24, 2.45) is 0 Å². The van der Waals surface area contributed by atoms with Gasteiger partial charge in [0.25, 0.3) is 0 Å². The van der Waals surface area contributed by atoms with Gasteiger partial charge in [0.2, 0.25) is 0 Å². The number of benzene rings is 3. The molecule has 3 aromatic rings. The number of amides is 1. The molecule has 1 N–H and O–H groups in total. The van der Waals surface area contributed by atoms with Gasteiger partial charge in [0.15, 0.2) is 6.29 Å². The van der Waals surface area contributed by atoms with Crippen molar-refractivity contribution in [3.8, 4) is 11.1 Å². The minimum Gasteiger partial charge on any atom is -0.448 e. The Morgan fingerprint density at radius 1 is 0.895 bits per heavy atom. The van der Waals surface area contributed by atoms with Crippen LogP contribution in [0, 0.1) is 0 Å². The molecular weight excluding hydrogens is 478 g/mol. The Kier molecular flexibility index (Phi) is 5.99. The highest BCUT2D eigenvalue weighted by Crippen LogP contribution is 2.47. The monoisotopic (exact) mass is 511 g/mol. The van der Waals surface area contributed by atoms with E-state index in [0.717, 1.165) is 30.4 Å². The van der Waals surface area contributed by atoms with E-state index in [4.69, 9.17) is 14.2 Å². The second-order valence-corrected chi connectivity index (χ2v) is 11.1. The predicted molar refractivity (Wildman–Crippen MR) is 143 cm³/mol. The molecule has 2 bridgehead atoms.